The number of rotatable bonds is 3. The molecule has 1 aromatic rings. The molecule has 0 atom stereocenters. The monoisotopic (exact) mass is 279 g/mol. The van der Waals surface area contributed by atoms with Gasteiger partial charge in [0.2, 0.25) is 0 Å². The van der Waals surface area contributed by atoms with E-state index in [0.717, 1.165) is 11.1 Å². The van der Waals surface area contributed by atoms with E-state index in [1.54, 1.807) is 18.2 Å². The molecule has 0 aromatic carbocycles. The Morgan fingerprint density at radius 3 is 1.70 bits per heavy atom. The molecule has 20 heavy (non-hydrogen) atoms. The van der Waals surface area contributed by atoms with Crippen LogP contribution in [0.4, 0.5) is 4.48 Å². The number of allylic oxidation sites excluding steroid dienone is 1. The minimum absolute atomic E-state index is 0.494. The van der Waals surface area contributed by atoms with Crippen molar-refractivity contribution >= 4 is 18.2 Å². The molecule has 114 valence electrons. The van der Waals surface area contributed by atoms with E-state index in [1.165, 1.54) is 6.08 Å². The number of hydrogen-bond donors (Lipinski definition) is 0. The van der Waals surface area contributed by atoms with Gasteiger partial charge in [-0.25, -0.2) is 0 Å². The quantitative estimate of drug-likeness (QED) is 0.542. The van der Waals surface area contributed by atoms with Crippen LogP contribution in [0.1, 0.15) is 57.1 Å². The van der Waals surface area contributed by atoms with Crippen molar-refractivity contribution in [3.63, 3.8) is 0 Å². The summed E-state index contributed by atoms with van der Waals surface area (Å²) < 4.78 is 13.7. The van der Waals surface area contributed by atoms with Gasteiger partial charge in [0.15, 0.2) is 0 Å². The Bertz CT molecular complexity index is 412. The lowest BCUT2D eigenvalue weighted by Gasteiger charge is -1.95. The summed E-state index contributed by atoms with van der Waals surface area (Å²) in [5, 5.41) is 0. The lowest BCUT2D eigenvalue weighted by molar-refractivity contribution is 0.364. The fraction of sp³-hybridized carbons (Fsp3) is 0.333. The molecule has 0 aliphatic carbocycles. The molecular formula is C18H30FN. The molecule has 0 spiro atoms. The highest BCUT2D eigenvalue weighted by Crippen LogP contribution is 2.25. The second-order valence-corrected chi connectivity index (χ2v) is 3.00. The SMILES string of the molecule is C=C.C=Cc1c(C)c(C=C)n(F)c1/C=C\C.CC.CC. The van der Waals surface area contributed by atoms with Gasteiger partial charge in [-0.05, 0) is 31.6 Å². The third-order valence-corrected chi connectivity index (χ3v) is 2.21. The lowest BCUT2D eigenvalue weighted by Crippen LogP contribution is -1.88. The molecule has 1 aromatic heterocycles. The first-order chi connectivity index (χ1) is 9.67. The summed E-state index contributed by atoms with van der Waals surface area (Å²) in [5.41, 5.74) is 2.70. The number of halogens is 1. The highest BCUT2D eigenvalue weighted by molar-refractivity contribution is 5.70. The Morgan fingerprint density at radius 1 is 0.950 bits per heavy atom. The number of nitrogens with zero attached hydrogens (tertiary/aromatic N) is 1. The second-order valence-electron chi connectivity index (χ2n) is 3.00. The van der Waals surface area contributed by atoms with Crippen LogP contribution >= 0.6 is 0 Å². The summed E-state index contributed by atoms with van der Waals surface area (Å²) in [6.07, 6.45) is 6.69. The lowest BCUT2D eigenvalue weighted by atomic mass is 10.1. The van der Waals surface area contributed by atoms with E-state index >= 15 is 0 Å². The Hall–Kier alpha value is -1.83. The molecule has 0 radical (unpaired) electrons. The maximum absolute atomic E-state index is 13.7. The molecule has 1 rings (SSSR count). The van der Waals surface area contributed by atoms with Crippen LogP contribution in [0.2, 0.25) is 0 Å². The molecule has 0 aliphatic rings. The van der Waals surface area contributed by atoms with Gasteiger partial charge in [-0.2, -0.15) is 4.79 Å². The first-order valence-electron chi connectivity index (χ1n) is 6.96. The van der Waals surface area contributed by atoms with Crippen molar-refractivity contribution in [1.29, 1.82) is 0 Å². The number of aromatic nitrogens is 1. The van der Waals surface area contributed by atoms with Gasteiger partial charge < -0.3 is 0 Å². The molecule has 2 heteroatoms. The van der Waals surface area contributed by atoms with Gasteiger partial charge in [0.1, 0.15) is 0 Å². The van der Waals surface area contributed by atoms with Gasteiger partial charge in [-0.1, -0.05) is 57.5 Å². The minimum atomic E-state index is 0.494. The van der Waals surface area contributed by atoms with Crippen molar-refractivity contribution in [1.82, 2.24) is 4.79 Å². The topological polar surface area (TPSA) is 4.93 Å². The zero-order valence-electron chi connectivity index (χ0n) is 14.0. The van der Waals surface area contributed by atoms with E-state index in [4.69, 9.17) is 0 Å². The van der Waals surface area contributed by atoms with Crippen molar-refractivity contribution in [3.05, 3.63) is 54.9 Å². The normalized spacial score (nSPS) is 8.35. The van der Waals surface area contributed by atoms with Crippen LogP contribution < -0.4 is 0 Å². The number of hydrogen-bond acceptors (Lipinski definition) is 0. The van der Waals surface area contributed by atoms with Gasteiger partial charge in [0, 0.05) is 5.56 Å². The van der Waals surface area contributed by atoms with Gasteiger partial charge >= 0.3 is 0 Å². The highest BCUT2D eigenvalue weighted by Gasteiger charge is 2.13. The van der Waals surface area contributed by atoms with Gasteiger partial charge in [0.05, 0.1) is 11.4 Å². The summed E-state index contributed by atoms with van der Waals surface area (Å²) in [4.78, 5) is 0.638. The van der Waals surface area contributed by atoms with E-state index in [9.17, 15) is 4.48 Å². The average molecular weight is 279 g/mol. The highest BCUT2D eigenvalue weighted by atomic mass is 19.2. The summed E-state index contributed by atoms with van der Waals surface area (Å²) in [5.74, 6) is 0. The van der Waals surface area contributed by atoms with E-state index in [2.05, 4.69) is 26.3 Å². The molecule has 0 fully saturated rings. The molecule has 0 saturated heterocycles. The molecule has 1 nitrogen and oxygen atoms in total. The summed E-state index contributed by atoms with van der Waals surface area (Å²) in [6.45, 7) is 25.0. The van der Waals surface area contributed by atoms with Crippen LogP contribution in [0.5, 0.6) is 0 Å². The van der Waals surface area contributed by atoms with E-state index in [0.29, 0.717) is 16.2 Å². The molecule has 0 saturated carbocycles. The summed E-state index contributed by atoms with van der Waals surface area (Å²) in [6, 6.07) is 0. The molecule has 0 N–H and O–H groups in total. The van der Waals surface area contributed by atoms with Crippen molar-refractivity contribution in [2.24, 2.45) is 0 Å². The van der Waals surface area contributed by atoms with Crippen LogP contribution in [0, 0.1) is 6.92 Å². The zero-order chi connectivity index (χ0) is 16.7. The van der Waals surface area contributed by atoms with Crippen LogP contribution in [-0.4, -0.2) is 4.79 Å². The standard InChI is InChI=1S/C12H14FN.2C2H6.C2H4/c1-5-8-12-10(6-2)9(4)11(7-3)14(12)13;3*1-2/h5-8H,2-3H2,1,4H3;2*1-2H3;1-2H2/b8-5-;;;. The van der Waals surface area contributed by atoms with E-state index in [1.807, 2.05) is 41.5 Å². The van der Waals surface area contributed by atoms with E-state index in [-0.39, 0.29) is 0 Å². The summed E-state index contributed by atoms with van der Waals surface area (Å²) in [7, 11) is 0. The van der Waals surface area contributed by atoms with Crippen LogP contribution in [0.3, 0.4) is 0 Å². The molecule has 0 unspecified atom stereocenters. The second kappa shape index (κ2) is 15.2. The van der Waals surface area contributed by atoms with E-state index < -0.39 is 0 Å². The molecule has 0 aliphatic heterocycles. The average Bonchev–Trinajstić information content (AvgIpc) is 2.76. The fourth-order valence-electron chi connectivity index (χ4n) is 1.52. The third kappa shape index (κ3) is 5.87. The molecular weight excluding hydrogens is 249 g/mol. The van der Waals surface area contributed by atoms with Gasteiger partial charge in [-0.3, -0.25) is 0 Å². The summed E-state index contributed by atoms with van der Waals surface area (Å²) >= 11 is 0. The predicted octanol–water partition coefficient (Wildman–Crippen LogP) is 6.70. The molecule has 0 bridgehead atoms. The van der Waals surface area contributed by atoms with Crippen LogP contribution in [0.15, 0.2) is 32.4 Å². The smallest absolute Gasteiger partial charge is 0.0819 e. The first-order valence-corrected chi connectivity index (χ1v) is 6.96. The predicted molar refractivity (Wildman–Crippen MR) is 94.5 cm³/mol. The Balaban J connectivity index is -0.000000425. The first kappa shape index (κ1) is 23.3. The Morgan fingerprint density at radius 2 is 1.40 bits per heavy atom. The zero-order valence-corrected chi connectivity index (χ0v) is 14.0. The van der Waals surface area contributed by atoms with Crippen molar-refractivity contribution in [2.75, 3.05) is 0 Å². The largest absolute Gasteiger partial charge is 0.179 e. The minimum Gasteiger partial charge on any atom is -0.179 e. The Kier molecular flexibility index (Phi) is 17.7. The third-order valence-electron chi connectivity index (χ3n) is 2.21. The molecule has 1 heterocycles. The maximum Gasteiger partial charge on any atom is 0.0819 e. The van der Waals surface area contributed by atoms with Crippen LogP contribution in [0.25, 0.3) is 18.2 Å². The van der Waals surface area contributed by atoms with Crippen molar-refractivity contribution < 1.29 is 4.48 Å². The molecule has 0 amide bonds. The van der Waals surface area contributed by atoms with Gasteiger partial charge in [0.25, 0.3) is 0 Å². The van der Waals surface area contributed by atoms with Gasteiger partial charge in [-0.15, -0.1) is 13.2 Å². The van der Waals surface area contributed by atoms with Crippen molar-refractivity contribution in [2.45, 2.75) is 41.5 Å². The fourth-order valence-corrected chi connectivity index (χ4v) is 1.52. The van der Waals surface area contributed by atoms with Crippen LogP contribution in [-0.2, 0) is 0 Å². The maximum atomic E-state index is 13.7. The van der Waals surface area contributed by atoms with Crippen molar-refractivity contribution in [3.8, 4) is 0 Å². The Labute approximate surface area is 124 Å².